The molecule has 34 heavy (non-hydrogen) atoms. The molecule has 0 spiro atoms. The number of hydrogen-bond donors (Lipinski definition) is 1. The number of hydrogen-bond acceptors (Lipinski definition) is 7. The van der Waals surface area contributed by atoms with Crippen molar-refractivity contribution in [1.82, 2.24) is 29.5 Å². The summed E-state index contributed by atoms with van der Waals surface area (Å²) in [5.74, 6) is -0.221. The van der Waals surface area contributed by atoms with Crippen LogP contribution in [0.25, 0.3) is 33.4 Å². The lowest BCUT2D eigenvalue weighted by Crippen LogP contribution is -1.98. The molecule has 4 aromatic heterocycles. The summed E-state index contributed by atoms with van der Waals surface area (Å²) in [7, 11) is 1.90. The molecule has 0 fully saturated rings. The molecule has 0 aliphatic rings. The van der Waals surface area contributed by atoms with E-state index in [9.17, 15) is 0 Å². The van der Waals surface area contributed by atoms with Crippen molar-refractivity contribution >= 4 is 16.9 Å². The van der Waals surface area contributed by atoms with Crippen molar-refractivity contribution in [2.75, 3.05) is 5.73 Å². The summed E-state index contributed by atoms with van der Waals surface area (Å²) in [6, 6.07) is 8.56. The molecule has 0 aliphatic heterocycles. The fourth-order valence-electron chi connectivity index (χ4n) is 4.13. The number of pyridine rings is 1. The van der Waals surface area contributed by atoms with E-state index in [0.717, 1.165) is 33.8 Å². The first-order valence-corrected chi connectivity index (χ1v) is 10.6. The molecule has 2 N–H and O–H groups in total. The molecule has 0 aliphatic carbocycles. The molecule has 170 valence electrons. The Morgan fingerprint density at radius 1 is 0.971 bits per heavy atom. The first kappa shape index (κ1) is 21.4. The lowest BCUT2D eigenvalue weighted by atomic mass is 9.97. The van der Waals surface area contributed by atoms with E-state index in [1.807, 2.05) is 44.6 Å². The molecule has 8 nitrogen and oxygen atoms in total. The number of fused-ring (bicyclic) bond motifs is 1. The number of anilines is 1. The Hall–Kier alpha value is -4.40. The number of benzene rings is 1. The highest BCUT2D eigenvalue weighted by Crippen LogP contribution is 2.43. The van der Waals surface area contributed by atoms with Gasteiger partial charge in [-0.05, 0) is 56.2 Å². The van der Waals surface area contributed by atoms with Crippen LogP contribution < -0.4 is 10.5 Å². The van der Waals surface area contributed by atoms with Crippen molar-refractivity contribution in [2.45, 2.75) is 20.8 Å². The lowest BCUT2D eigenvalue weighted by molar-refractivity contribution is 0.410. The minimum Gasteiger partial charge on any atom is -0.421 e. The van der Waals surface area contributed by atoms with Crippen molar-refractivity contribution in [3.63, 3.8) is 0 Å². The van der Waals surface area contributed by atoms with Gasteiger partial charge < -0.3 is 15.0 Å². The standard InChI is InChI=1S/C25H22FN7O/c1-13-9-15(3)29-11-17(13)22-20(21-23(27)30-12-31-24(21)33(22)4)16-5-6-19(18(26)10-16)34-25-28-8-7-14(2)32-25/h5-12H,1-4H3,(H2,27,30,31). The maximum absolute atomic E-state index is 15.2. The SMILES string of the molecule is Cc1cc(C)c(-c2c(-c3ccc(Oc4nccc(C)n4)c(F)c3)c3c(N)ncnc3n2C)cn1. The number of nitrogens with two attached hydrogens (primary N) is 1. The van der Waals surface area contributed by atoms with Gasteiger partial charge in [-0.15, -0.1) is 0 Å². The number of halogens is 1. The molecule has 9 heteroatoms. The van der Waals surface area contributed by atoms with Gasteiger partial charge in [-0.1, -0.05) is 6.07 Å². The third kappa shape index (κ3) is 3.61. The molecule has 0 radical (unpaired) electrons. The number of aryl methyl sites for hydroxylation is 4. The van der Waals surface area contributed by atoms with E-state index in [0.29, 0.717) is 22.4 Å². The molecule has 4 heterocycles. The summed E-state index contributed by atoms with van der Waals surface area (Å²) in [5, 5.41) is 0.648. The van der Waals surface area contributed by atoms with Crippen molar-refractivity contribution in [3.8, 4) is 34.1 Å². The summed E-state index contributed by atoms with van der Waals surface area (Å²) >= 11 is 0. The average Bonchev–Trinajstić information content (AvgIpc) is 3.09. The summed E-state index contributed by atoms with van der Waals surface area (Å²) in [5.41, 5.74) is 12.6. The molecule has 0 saturated heterocycles. The van der Waals surface area contributed by atoms with Gasteiger partial charge in [0.05, 0.1) is 11.1 Å². The van der Waals surface area contributed by atoms with E-state index in [4.69, 9.17) is 10.5 Å². The smallest absolute Gasteiger partial charge is 0.322 e. The maximum Gasteiger partial charge on any atom is 0.322 e. The number of ether oxygens (including phenoxy) is 1. The van der Waals surface area contributed by atoms with Gasteiger partial charge in [-0.25, -0.2) is 24.3 Å². The van der Waals surface area contributed by atoms with Crippen LogP contribution in [0.2, 0.25) is 0 Å². The van der Waals surface area contributed by atoms with Crippen LogP contribution in [-0.2, 0) is 7.05 Å². The van der Waals surface area contributed by atoms with Gasteiger partial charge in [-0.3, -0.25) is 4.98 Å². The summed E-state index contributed by atoms with van der Waals surface area (Å²) in [6.07, 6.45) is 4.80. The zero-order valence-corrected chi connectivity index (χ0v) is 19.2. The highest BCUT2D eigenvalue weighted by atomic mass is 19.1. The maximum atomic E-state index is 15.2. The van der Waals surface area contributed by atoms with Crippen LogP contribution in [0.1, 0.15) is 17.0 Å². The average molecular weight is 455 g/mol. The zero-order chi connectivity index (χ0) is 24.0. The molecular weight excluding hydrogens is 433 g/mol. The van der Waals surface area contributed by atoms with Crippen LogP contribution in [-0.4, -0.2) is 29.5 Å². The van der Waals surface area contributed by atoms with E-state index >= 15 is 4.39 Å². The minimum atomic E-state index is -0.556. The molecule has 0 atom stereocenters. The number of nitrogens with zero attached hydrogens (tertiary/aromatic N) is 6. The fraction of sp³-hybridized carbons (Fsp3) is 0.160. The van der Waals surface area contributed by atoms with Crippen LogP contribution in [0, 0.1) is 26.6 Å². The monoisotopic (exact) mass is 455 g/mol. The predicted molar refractivity (Wildman–Crippen MR) is 128 cm³/mol. The molecule has 0 unspecified atom stereocenters. The van der Waals surface area contributed by atoms with Crippen molar-refractivity contribution in [1.29, 1.82) is 0 Å². The number of rotatable bonds is 4. The quantitative estimate of drug-likeness (QED) is 0.410. The van der Waals surface area contributed by atoms with Gasteiger partial charge in [0, 0.05) is 42.0 Å². The van der Waals surface area contributed by atoms with Crippen LogP contribution in [0.4, 0.5) is 10.2 Å². The third-order valence-electron chi connectivity index (χ3n) is 5.69. The first-order chi connectivity index (χ1) is 16.3. The third-order valence-corrected chi connectivity index (χ3v) is 5.69. The second-order valence-corrected chi connectivity index (χ2v) is 8.11. The topological polar surface area (TPSA) is 105 Å². The van der Waals surface area contributed by atoms with Gasteiger partial charge in [0.25, 0.3) is 0 Å². The van der Waals surface area contributed by atoms with Gasteiger partial charge in [0.15, 0.2) is 11.6 Å². The number of aromatic nitrogens is 6. The van der Waals surface area contributed by atoms with E-state index in [1.54, 1.807) is 24.4 Å². The molecule has 1 aromatic carbocycles. The first-order valence-electron chi connectivity index (χ1n) is 10.6. The Kier molecular flexibility index (Phi) is 5.16. The van der Waals surface area contributed by atoms with Crippen LogP contribution in [0.3, 0.4) is 0 Å². The summed E-state index contributed by atoms with van der Waals surface area (Å²) in [4.78, 5) is 21.3. The minimum absolute atomic E-state index is 0.0218. The fourth-order valence-corrected chi connectivity index (χ4v) is 4.13. The predicted octanol–water partition coefficient (Wildman–Crippen LogP) is 4.93. The van der Waals surface area contributed by atoms with E-state index in [1.165, 1.54) is 12.4 Å². The van der Waals surface area contributed by atoms with Gasteiger partial charge in [0.2, 0.25) is 0 Å². The molecule has 0 bridgehead atoms. The molecule has 5 aromatic rings. The summed E-state index contributed by atoms with van der Waals surface area (Å²) < 4.78 is 22.8. The molecular formula is C25H22FN7O. The zero-order valence-electron chi connectivity index (χ0n) is 19.2. The van der Waals surface area contributed by atoms with Gasteiger partial charge in [-0.2, -0.15) is 0 Å². The van der Waals surface area contributed by atoms with Crippen molar-refractivity contribution in [2.24, 2.45) is 7.05 Å². The number of nitrogen functional groups attached to an aromatic ring is 1. The van der Waals surface area contributed by atoms with Gasteiger partial charge >= 0.3 is 6.01 Å². The highest BCUT2D eigenvalue weighted by molar-refractivity contribution is 6.08. The normalized spacial score (nSPS) is 11.2. The van der Waals surface area contributed by atoms with E-state index in [2.05, 4.69) is 24.9 Å². The Labute approximate surface area is 195 Å². The highest BCUT2D eigenvalue weighted by Gasteiger charge is 2.24. The molecule has 0 amide bonds. The Morgan fingerprint density at radius 3 is 2.53 bits per heavy atom. The molecule has 0 saturated carbocycles. The van der Waals surface area contributed by atoms with Crippen LogP contribution in [0.5, 0.6) is 11.8 Å². The van der Waals surface area contributed by atoms with E-state index in [-0.39, 0.29) is 11.8 Å². The van der Waals surface area contributed by atoms with Crippen molar-refractivity contribution < 1.29 is 9.13 Å². The Bertz CT molecular complexity index is 1560. The van der Waals surface area contributed by atoms with Gasteiger partial charge in [0.1, 0.15) is 17.8 Å². The molecule has 5 rings (SSSR count). The second-order valence-electron chi connectivity index (χ2n) is 8.11. The largest absolute Gasteiger partial charge is 0.421 e. The van der Waals surface area contributed by atoms with Crippen LogP contribution in [0.15, 0.2) is 49.1 Å². The summed E-state index contributed by atoms with van der Waals surface area (Å²) in [6.45, 7) is 5.76. The van der Waals surface area contributed by atoms with Crippen molar-refractivity contribution in [3.05, 3.63) is 71.8 Å². The Morgan fingerprint density at radius 2 is 1.79 bits per heavy atom. The van der Waals surface area contributed by atoms with E-state index < -0.39 is 5.82 Å². The Balaban J connectivity index is 1.71. The second kappa shape index (κ2) is 8.18. The lowest BCUT2D eigenvalue weighted by Gasteiger charge is -2.12. The van der Waals surface area contributed by atoms with Crippen LogP contribution >= 0.6 is 0 Å².